The van der Waals surface area contributed by atoms with Crippen LogP contribution in [0.4, 0.5) is 0 Å². The highest BCUT2D eigenvalue weighted by Crippen LogP contribution is 2.40. The predicted octanol–water partition coefficient (Wildman–Crippen LogP) is 4.35. The number of nitrogens with two attached hydrogens (primary N) is 1. The van der Waals surface area contributed by atoms with E-state index >= 15 is 0 Å². The number of hydrogen-bond donors (Lipinski definition) is 1. The molecule has 0 bridgehead atoms. The lowest BCUT2D eigenvalue weighted by atomic mass is 9.74. The van der Waals surface area contributed by atoms with Gasteiger partial charge in [0.2, 0.25) is 0 Å². The first-order valence-corrected chi connectivity index (χ1v) is 9.56. The molecule has 0 amide bonds. The van der Waals surface area contributed by atoms with Gasteiger partial charge in [0.25, 0.3) is 0 Å². The van der Waals surface area contributed by atoms with Crippen LogP contribution in [0.2, 0.25) is 0 Å². The number of hydrogen-bond acceptors (Lipinski definition) is 3. The number of thiophene rings is 1. The average molecular weight is 307 g/mol. The molecule has 3 heteroatoms. The van der Waals surface area contributed by atoms with E-state index in [0.717, 1.165) is 18.3 Å². The highest BCUT2D eigenvalue weighted by molar-refractivity contribution is 7.12. The van der Waals surface area contributed by atoms with Gasteiger partial charge in [0, 0.05) is 22.3 Å². The van der Waals surface area contributed by atoms with Gasteiger partial charge in [0.15, 0.2) is 0 Å². The van der Waals surface area contributed by atoms with Crippen LogP contribution in [0.5, 0.6) is 0 Å². The van der Waals surface area contributed by atoms with Gasteiger partial charge in [0.05, 0.1) is 6.04 Å². The largest absolute Gasteiger partial charge is 0.326 e. The summed E-state index contributed by atoms with van der Waals surface area (Å²) in [6.45, 7) is 6.96. The molecule has 21 heavy (non-hydrogen) atoms. The summed E-state index contributed by atoms with van der Waals surface area (Å²) in [5, 5.41) is 0. The van der Waals surface area contributed by atoms with Crippen LogP contribution in [-0.2, 0) is 0 Å². The van der Waals surface area contributed by atoms with Gasteiger partial charge in [-0.2, -0.15) is 0 Å². The molecule has 1 saturated heterocycles. The molecule has 2 heterocycles. The van der Waals surface area contributed by atoms with Crippen molar-refractivity contribution in [2.45, 2.75) is 64.5 Å². The number of piperidine rings is 1. The molecule has 118 valence electrons. The van der Waals surface area contributed by atoms with Crippen molar-refractivity contribution in [3.05, 3.63) is 21.9 Å². The Kier molecular flexibility index (Phi) is 5.03. The van der Waals surface area contributed by atoms with E-state index in [1.807, 2.05) is 11.3 Å². The van der Waals surface area contributed by atoms with E-state index in [9.17, 15) is 0 Å². The first-order valence-electron chi connectivity index (χ1n) is 8.75. The summed E-state index contributed by atoms with van der Waals surface area (Å²) in [7, 11) is 0. The fourth-order valence-electron chi connectivity index (χ4n) is 4.38. The van der Waals surface area contributed by atoms with Gasteiger partial charge in [-0.3, -0.25) is 4.90 Å². The summed E-state index contributed by atoms with van der Waals surface area (Å²) in [6, 6.07) is 5.27. The van der Waals surface area contributed by atoms with Crippen LogP contribution >= 0.6 is 11.3 Å². The molecule has 2 fully saturated rings. The topological polar surface area (TPSA) is 29.3 Å². The van der Waals surface area contributed by atoms with Crippen LogP contribution in [0.25, 0.3) is 0 Å². The lowest BCUT2D eigenvalue weighted by Crippen LogP contribution is -2.48. The lowest BCUT2D eigenvalue weighted by molar-refractivity contribution is 0.0482. The van der Waals surface area contributed by atoms with E-state index in [0.29, 0.717) is 6.04 Å². The SMILES string of the molecule is CCC(N)C(c1ccc(C)s1)N1CCC2CCCCC2C1. The molecule has 4 atom stereocenters. The number of rotatable bonds is 4. The van der Waals surface area contributed by atoms with Crippen LogP contribution in [0, 0.1) is 18.8 Å². The third-order valence-electron chi connectivity index (χ3n) is 5.65. The fraction of sp³-hybridized carbons (Fsp3) is 0.778. The second-order valence-corrected chi connectivity index (χ2v) is 8.37. The molecule has 4 unspecified atom stereocenters. The highest BCUT2D eigenvalue weighted by Gasteiger charge is 2.36. The van der Waals surface area contributed by atoms with Gasteiger partial charge >= 0.3 is 0 Å². The third-order valence-corrected chi connectivity index (χ3v) is 6.72. The summed E-state index contributed by atoms with van der Waals surface area (Å²) < 4.78 is 0. The standard InChI is InChI=1S/C18H30N2S/c1-3-16(19)18(17-9-8-13(2)21-17)20-11-10-14-6-4-5-7-15(14)12-20/h8-9,14-16,18H,3-7,10-12,19H2,1-2H3. The summed E-state index contributed by atoms with van der Waals surface area (Å²) in [5.41, 5.74) is 6.52. The molecule has 1 aromatic heterocycles. The molecular formula is C18H30N2S. The Balaban J connectivity index is 1.77. The van der Waals surface area contributed by atoms with Crippen molar-refractivity contribution in [1.82, 2.24) is 4.90 Å². The summed E-state index contributed by atoms with van der Waals surface area (Å²) >= 11 is 1.94. The molecule has 1 saturated carbocycles. The second-order valence-electron chi connectivity index (χ2n) is 7.05. The second kappa shape index (κ2) is 6.80. The highest BCUT2D eigenvalue weighted by atomic mass is 32.1. The average Bonchev–Trinajstić information content (AvgIpc) is 2.93. The van der Waals surface area contributed by atoms with Gasteiger partial charge in [-0.05, 0) is 56.7 Å². The maximum Gasteiger partial charge on any atom is 0.0593 e. The summed E-state index contributed by atoms with van der Waals surface area (Å²) in [6.07, 6.45) is 8.27. The molecular weight excluding hydrogens is 276 g/mol. The smallest absolute Gasteiger partial charge is 0.0593 e. The Labute approximate surface area is 133 Å². The lowest BCUT2D eigenvalue weighted by Gasteiger charge is -2.45. The molecule has 2 nitrogen and oxygen atoms in total. The molecule has 2 aliphatic rings. The van der Waals surface area contributed by atoms with E-state index in [2.05, 4.69) is 30.9 Å². The zero-order chi connectivity index (χ0) is 14.8. The Morgan fingerprint density at radius 3 is 2.67 bits per heavy atom. The molecule has 0 radical (unpaired) electrons. The summed E-state index contributed by atoms with van der Waals surface area (Å²) in [4.78, 5) is 5.60. The van der Waals surface area contributed by atoms with Crippen LogP contribution in [-0.4, -0.2) is 24.0 Å². The molecule has 0 aromatic carbocycles. The number of nitrogens with zero attached hydrogens (tertiary/aromatic N) is 1. The van der Waals surface area contributed by atoms with Crippen molar-refractivity contribution < 1.29 is 0 Å². The summed E-state index contributed by atoms with van der Waals surface area (Å²) in [5.74, 6) is 1.93. The van der Waals surface area contributed by atoms with E-state index in [1.54, 1.807) is 0 Å². The Morgan fingerprint density at radius 1 is 1.24 bits per heavy atom. The molecule has 2 N–H and O–H groups in total. The number of aryl methyl sites for hydroxylation is 1. The van der Waals surface area contributed by atoms with Gasteiger partial charge in [-0.25, -0.2) is 0 Å². The van der Waals surface area contributed by atoms with Crippen LogP contribution in [0.1, 0.15) is 61.2 Å². The van der Waals surface area contributed by atoms with E-state index in [1.165, 1.54) is 54.9 Å². The van der Waals surface area contributed by atoms with Crippen LogP contribution in [0.3, 0.4) is 0 Å². The Morgan fingerprint density at radius 2 is 2.00 bits per heavy atom. The van der Waals surface area contributed by atoms with Gasteiger partial charge in [-0.1, -0.05) is 26.2 Å². The molecule has 1 aliphatic carbocycles. The van der Waals surface area contributed by atoms with Gasteiger partial charge in [-0.15, -0.1) is 11.3 Å². The van der Waals surface area contributed by atoms with Gasteiger partial charge in [0.1, 0.15) is 0 Å². The minimum atomic E-state index is 0.267. The maximum atomic E-state index is 6.52. The zero-order valence-corrected chi connectivity index (χ0v) is 14.4. The third kappa shape index (κ3) is 3.35. The van der Waals surface area contributed by atoms with Crippen molar-refractivity contribution in [3.63, 3.8) is 0 Å². The van der Waals surface area contributed by atoms with Crippen molar-refractivity contribution >= 4 is 11.3 Å². The van der Waals surface area contributed by atoms with E-state index in [-0.39, 0.29) is 6.04 Å². The fourth-order valence-corrected chi connectivity index (χ4v) is 5.47. The normalized spacial score (nSPS) is 29.9. The van der Waals surface area contributed by atoms with E-state index in [4.69, 9.17) is 5.73 Å². The van der Waals surface area contributed by atoms with Gasteiger partial charge < -0.3 is 5.73 Å². The first-order chi connectivity index (χ1) is 10.2. The first kappa shape index (κ1) is 15.5. The Hall–Kier alpha value is -0.380. The molecule has 1 aliphatic heterocycles. The predicted molar refractivity (Wildman–Crippen MR) is 91.7 cm³/mol. The minimum Gasteiger partial charge on any atom is -0.326 e. The van der Waals surface area contributed by atoms with Crippen molar-refractivity contribution in [1.29, 1.82) is 0 Å². The van der Waals surface area contributed by atoms with Crippen LogP contribution in [0.15, 0.2) is 12.1 Å². The number of likely N-dealkylation sites (tertiary alicyclic amines) is 1. The van der Waals surface area contributed by atoms with Crippen molar-refractivity contribution in [2.75, 3.05) is 13.1 Å². The van der Waals surface area contributed by atoms with Crippen molar-refractivity contribution in [2.24, 2.45) is 17.6 Å². The molecule has 1 aromatic rings. The minimum absolute atomic E-state index is 0.267. The van der Waals surface area contributed by atoms with Crippen molar-refractivity contribution in [3.8, 4) is 0 Å². The monoisotopic (exact) mass is 306 g/mol. The number of fused-ring (bicyclic) bond motifs is 1. The van der Waals surface area contributed by atoms with Crippen LogP contribution < -0.4 is 5.73 Å². The molecule has 3 rings (SSSR count). The molecule has 0 spiro atoms. The Bertz CT molecular complexity index is 456. The van der Waals surface area contributed by atoms with E-state index < -0.39 is 0 Å². The zero-order valence-electron chi connectivity index (χ0n) is 13.6. The quantitative estimate of drug-likeness (QED) is 0.896. The maximum absolute atomic E-state index is 6.52.